The molecule has 6 nitrogen and oxygen atoms in total. The van der Waals surface area contributed by atoms with Gasteiger partial charge in [0.2, 0.25) is 0 Å². The van der Waals surface area contributed by atoms with E-state index in [4.69, 9.17) is 9.73 Å². The highest BCUT2D eigenvalue weighted by Crippen LogP contribution is 2.30. The number of guanidine groups is 1. The van der Waals surface area contributed by atoms with E-state index in [9.17, 15) is 4.39 Å². The summed E-state index contributed by atoms with van der Waals surface area (Å²) in [7, 11) is 0. The Bertz CT molecular complexity index is 924. The molecular weight excluding hydrogens is 405 g/mol. The highest BCUT2D eigenvalue weighted by molar-refractivity contribution is 5.80. The van der Waals surface area contributed by atoms with Crippen LogP contribution < -0.4 is 20.3 Å². The van der Waals surface area contributed by atoms with Gasteiger partial charge in [-0.2, -0.15) is 0 Å². The smallest absolute Gasteiger partial charge is 0.192 e. The third kappa shape index (κ3) is 6.11. The summed E-state index contributed by atoms with van der Waals surface area (Å²) in [6.07, 6.45) is 6.69. The fraction of sp³-hybridized carbons (Fsp3) is 0.520. The molecule has 2 heterocycles. The Labute approximate surface area is 190 Å². The minimum absolute atomic E-state index is 0.0996. The summed E-state index contributed by atoms with van der Waals surface area (Å²) in [5, 5.41) is 6.67. The minimum atomic E-state index is -0.315. The number of nitrogens with zero attached hydrogens (tertiary/aromatic N) is 3. The maximum absolute atomic E-state index is 14.5. The summed E-state index contributed by atoms with van der Waals surface area (Å²) in [5.41, 5.74) is 1.97. The molecule has 172 valence electrons. The van der Waals surface area contributed by atoms with Crippen molar-refractivity contribution in [2.75, 3.05) is 31.1 Å². The van der Waals surface area contributed by atoms with E-state index in [1.807, 2.05) is 32.2 Å². The first kappa shape index (κ1) is 22.4. The Morgan fingerprint density at radius 2 is 2.06 bits per heavy atom. The van der Waals surface area contributed by atoms with Gasteiger partial charge in [0.05, 0.1) is 19.2 Å². The van der Waals surface area contributed by atoms with Crippen LogP contribution in [0.3, 0.4) is 0 Å². The number of hydrogen-bond donors (Lipinski definition) is 2. The van der Waals surface area contributed by atoms with Crippen LogP contribution in [-0.2, 0) is 6.54 Å². The molecule has 1 aliphatic heterocycles. The standard InChI is InChI=1S/C25H34FN5O/c1-3-27-25(29-16-20-10-11-28-24(14-20)31-12-4-5-13-31)30-18(2)21-8-9-23(22(26)15-21)32-17-19-6-7-19/h8-11,14-15,18-19H,3-7,12-13,16-17H2,1-2H3,(H2,27,29,30). The molecule has 1 aromatic carbocycles. The Morgan fingerprint density at radius 1 is 1.25 bits per heavy atom. The number of nitrogens with one attached hydrogen (secondary N) is 2. The van der Waals surface area contributed by atoms with Gasteiger partial charge >= 0.3 is 0 Å². The number of benzene rings is 1. The SMILES string of the molecule is CCNC(=NCc1ccnc(N2CCCC2)c1)NC(C)c1ccc(OCC2CC2)c(F)c1. The molecule has 2 N–H and O–H groups in total. The van der Waals surface area contributed by atoms with Gasteiger partial charge < -0.3 is 20.3 Å². The zero-order valence-corrected chi connectivity index (χ0v) is 19.1. The van der Waals surface area contributed by atoms with E-state index in [0.717, 1.165) is 36.6 Å². The first-order valence-electron chi connectivity index (χ1n) is 11.8. The Kier molecular flexibility index (Phi) is 7.45. The van der Waals surface area contributed by atoms with Crippen LogP contribution in [0.25, 0.3) is 0 Å². The first-order chi connectivity index (χ1) is 15.6. The van der Waals surface area contributed by atoms with Crippen LogP contribution in [0.5, 0.6) is 5.75 Å². The number of halogens is 1. The Hall–Kier alpha value is -2.83. The fourth-order valence-corrected chi connectivity index (χ4v) is 3.85. The average Bonchev–Trinajstić information content (AvgIpc) is 3.47. The van der Waals surface area contributed by atoms with E-state index in [1.165, 1.54) is 25.7 Å². The molecule has 2 fully saturated rings. The predicted octanol–water partition coefficient (Wildman–Crippen LogP) is 4.43. The van der Waals surface area contributed by atoms with Crippen molar-refractivity contribution < 1.29 is 9.13 Å². The zero-order chi connectivity index (χ0) is 22.3. The fourth-order valence-electron chi connectivity index (χ4n) is 3.85. The van der Waals surface area contributed by atoms with E-state index in [0.29, 0.717) is 30.8 Å². The number of rotatable bonds is 9. The summed E-state index contributed by atoms with van der Waals surface area (Å²) in [5.74, 6) is 2.35. The summed E-state index contributed by atoms with van der Waals surface area (Å²) >= 11 is 0. The molecule has 0 spiro atoms. The van der Waals surface area contributed by atoms with Gasteiger partial charge in [0.25, 0.3) is 0 Å². The number of aliphatic imine (C=N–C) groups is 1. The second-order valence-electron chi connectivity index (χ2n) is 8.72. The van der Waals surface area contributed by atoms with E-state index in [-0.39, 0.29) is 11.9 Å². The van der Waals surface area contributed by atoms with Crippen molar-refractivity contribution in [2.24, 2.45) is 10.9 Å². The molecule has 1 saturated heterocycles. The number of hydrogen-bond acceptors (Lipinski definition) is 4. The van der Waals surface area contributed by atoms with Crippen LogP contribution in [0.2, 0.25) is 0 Å². The summed E-state index contributed by atoms with van der Waals surface area (Å²) in [6, 6.07) is 9.22. The average molecular weight is 440 g/mol. The van der Waals surface area contributed by atoms with Gasteiger partial charge in [-0.25, -0.2) is 14.4 Å². The predicted molar refractivity (Wildman–Crippen MR) is 127 cm³/mol. The first-order valence-corrected chi connectivity index (χ1v) is 11.8. The molecule has 1 atom stereocenters. The molecule has 0 bridgehead atoms. The van der Waals surface area contributed by atoms with Crippen LogP contribution >= 0.6 is 0 Å². The second-order valence-corrected chi connectivity index (χ2v) is 8.72. The molecule has 1 unspecified atom stereocenters. The third-order valence-electron chi connectivity index (χ3n) is 5.98. The monoisotopic (exact) mass is 439 g/mol. The quantitative estimate of drug-likeness (QED) is 0.447. The lowest BCUT2D eigenvalue weighted by Gasteiger charge is -2.19. The molecule has 0 amide bonds. The van der Waals surface area contributed by atoms with Crippen molar-refractivity contribution >= 4 is 11.8 Å². The Balaban J connectivity index is 1.38. The Morgan fingerprint density at radius 3 is 2.78 bits per heavy atom. The lowest BCUT2D eigenvalue weighted by Crippen LogP contribution is -2.38. The number of aromatic nitrogens is 1. The van der Waals surface area contributed by atoms with Crippen LogP contribution in [0, 0.1) is 11.7 Å². The number of pyridine rings is 1. The maximum atomic E-state index is 14.5. The van der Waals surface area contributed by atoms with Gasteiger partial charge in [0.15, 0.2) is 17.5 Å². The number of anilines is 1. The highest BCUT2D eigenvalue weighted by atomic mass is 19.1. The van der Waals surface area contributed by atoms with Crippen LogP contribution in [0.4, 0.5) is 10.2 Å². The number of ether oxygens (including phenoxy) is 1. The second kappa shape index (κ2) is 10.7. The zero-order valence-electron chi connectivity index (χ0n) is 19.1. The van der Waals surface area contributed by atoms with Gasteiger partial charge in [0, 0.05) is 25.8 Å². The molecule has 2 aliphatic rings. The molecule has 2 aromatic rings. The highest BCUT2D eigenvalue weighted by Gasteiger charge is 2.22. The van der Waals surface area contributed by atoms with Gasteiger partial charge in [-0.3, -0.25) is 0 Å². The molecular formula is C25H34FN5O. The van der Waals surface area contributed by atoms with E-state index >= 15 is 0 Å². The lowest BCUT2D eigenvalue weighted by atomic mass is 10.1. The van der Waals surface area contributed by atoms with Crippen molar-refractivity contribution in [3.63, 3.8) is 0 Å². The molecule has 32 heavy (non-hydrogen) atoms. The van der Waals surface area contributed by atoms with Crippen molar-refractivity contribution in [3.05, 3.63) is 53.5 Å². The van der Waals surface area contributed by atoms with Gasteiger partial charge in [-0.1, -0.05) is 6.07 Å². The van der Waals surface area contributed by atoms with Crippen molar-refractivity contribution in [1.82, 2.24) is 15.6 Å². The van der Waals surface area contributed by atoms with Gasteiger partial charge in [0.1, 0.15) is 5.82 Å². The topological polar surface area (TPSA) is 61.8 Å². The van der Waals surface area contributed by atoms with Gasteiger partial charge in [-0.15, -0.1) is 0 Å². The molecule has 0 radical (unpaired) electrons. The maximum Gasteiger partial charge on any atom is 0.192 e. The van der Waals surface area contributed by atoms with E-state index < -0.39 is 0 Å². The van der Waals surface area contributed by atoms with Crippen molar-refractivity contribution in [3.8, 4) is 5.75 Å². The molecule has 1 aromatic heterocycles. The molecule has 7 heteroatoms. The van der Waals surface area contributed by atoms with Gasteiger partial charge in [-0.05, 0) is 80.8 Å². The largest absolute Gasteiger partial charge is 0.490 e. The van der Waals surface area contributed by atoms with Crippen molar-refractivity contribution in [2.45, 2.75) is 52.1 Å². The van der Waals surface area contributed by atoms with Crippen LogP contribution in [0.1, 0.15) is 56.7 Å². The molecule has 1 aliphatic carbocycles. The molecule has 4 rings (SSSR count). The summed E-state index contributed by atoms with van der Waals surface area (Å²) < 4.78 is 20.1. The van der Waals surface area contributed by atoms with E-state index in [1.54, 1.807) is 12.1 Å². The van der Waals surface area contributed by atoms with E-state index in [2.05, 4.69) is 26.6 Å². The molecule has 1 saturated carbocycles. The lowest BCUT2D eigenvalue weighted by molar-refractivity contribution is 0.285. The normalized spacial score (nSPS) is 17.3. The van der Waals surface area contributed by atoms with Crippen LogP contribution in [0.15, 0.2) is 41.5 Å². The minimum Gasteiger partial charge on any atom is -0.490 e. The summed E-state index contributed by atoms with van der Waals surface area (Å²) in [6.45, 7) is 8.08. The van der Waals surface area contributed by atoms with Crippen LogP contribution in [-0.4, -0.2) is 37.2 Å². The summed E-state index contributed by atoms with van der Waals surface area (Å²) in [4.78, 5) is 11.6. The third-order valence-corrected chi connectivity index (χ3v) is 5.98. The van der Waals surface area contributed by atoms with Crippen molar-refractivity contribution in [1.29, 1.82) is 0 Å².